The summed E-state index contributed by atoms with van der Waals surface area (Å²) < 4.78 is 2.84. The van der Waals surface area contributed by atoms with Crippen molar-refractivity contribution in [2.75, 3.05) is 11.8 Å². The second-order valence-corrected chi connectivity index (χ2v) is 6.16. The van der Waals surface area contributed by atoms with E-state index in [9.17, 15) is 0 Å². The van der Waals surface area contributed by atoms with Gasteiger partial charge in [0.25, 0.3) is 0 Å². The van der Waals surface area contributed by atoms with E-state index in [-0.39, 0.29) is 5.41 Å². The summed E-state index contributed by atoms with van der Waals surface area (Å²) in [5.74, 6) is 0.934. The van der Waals surface area contributed by atoms with Gasteiger partial charge in [-0.3, -0.25) is 4.68 Å². The Hall–Kier alpha value is -0.510. The van der Waals surface area contributed by atoms with E-state index in [0.29, 0.717) is 11.8 Å². The van der Waals surface area contributed by atoms with Gasteiger partial charge >= 0.3 is 0 Å². The van der Waals surface area contributed by atoms with Crippen molar-refractivity contribution in [2.45, 2.75) is 11.8 Å². The number of hydrogen-bond acceptors (Lipinski definition) is 1. The number of benzene rings is 1. The van der Waals surface area contributed by atoms with Crippen molar-refractivity contribution in [2.24, 2.45) is 7.05 Å². The number of aryl methyl sites for hydroxylation is 1. The molecule has 2 nitrogen and oxygen atoms in total. The van der Waals surface area contributed by atoms with Crippen LogP contribution in [0.25, 0.3) is 0 Å². The number of alkyl halides is 2. The van der Waals surface area contributed by atoms with E-state index < -0.39 is 0 Å². The molecule has 0 bridgehead atoms. The van der Waals surface area contributed by atoms with Crippen LogP contribution in [0.1, 0.15) is 11.3 Å². The Balaban J connectivity index is 2.33. The minimum absolute atomic E-state index is 0.280. The van der Waals surface area contributed by atoms with Crippen molar-refractivity contribution >= 4 is 39.1 Å². The first-order chi connectivity index (χ1) is 9.09. The monoisotopic (exact) mass is 360 g/mol. The highest BCUT2D eigenvalue weighted by molar-refractivity contribution is 9.10. The van der Waals surface area contributed by atoms with Crippen LogP contribution in [-0.2, 0) is 18.9 Å². The molecule has 0 atom stereocenters. The van der Waals surface area contributed by atoms with Gasteiger partial charge in [-0.15, -0.1) is 23.2 Å². The zero-order valence-electron chi connectivity index (χ0n) is 10.6. The first-order valence-corrected chi connectivity index (χ1v) is 7.82. The molecule has 0 fully saturated rings. The van der Waals surface area contributed by atoms with Gasteiger partial charge in [0.05, 0.1) is 5.69 Å². The topological polar surface area (TPSA) is 17.8 Å². The Kier molecular flexibility index (Phi) is 4.93. The van der Waals surface area contributed by atoms with Crippen LogP contribution in [0, 0.1) is 0 Å². The number of hydrogen-bond donors (Lipinski definition) is 0. The Bertz CT molecular complexity index is 533. The number of rotatable bonds is 5. The second kappa shape index (κ2) is 6.29. The lowest BCUT2D eigenvalue weighted by Crippen LogP contribution is -2.33. The van der Waals surface area contributed by atoms with Crippen LogP contribution in [0.15, 0.2) is 41.0 Å². The van der Waals surface area contributed by atoms with E-state index in [4.69, 9.17) is 23.2 Å². The number of aromatic nitrogens is 2. The number of halogens is 3. The molecule has 19 heavy (non-hydrogen) atoms. The zero-order chi connectivity index (χ0) is 13.9. The van der Waals surface area contributed by atoms with Gasteiger partial charge in [-0.2, -0.15) is 5.10 Å². The predicted molar refractivity (Wildman–Crippen MR) is 84.2 cm³/mol. The highest BCUT2D eigenvalue weighted by Gasteiger charge is 2.31. The molecule has 2 rings (SSSR count). The third-order valence-electron chi connectivity index (χ3n) is 3.26. The summed E-state index contributed by atoms with van der Waals surface area (Å²) in [6.07, 6.45) is 2.67. The highest BCUT2D eigenvalue weighted by atomic mass is 79.9. The fourth-order valence-corrected chi connectivity index (χ4v) is 3.14. The van der Waals surface area contributed by atoms with Gasteiger partial charge in [0.2, 0.25) is 0 Å². The standard InChI is InChI=1S/C14H15BrCl2N2/c1-19-7-6-13(18-19)8-14(9-16,10-17)11-2-4-12(15)5-3-11/h2-7H,8-10H2,1H3. The largest absolute Gasteiger partial charge is 0.276 e. The first-order valence-electron chi connectivity index (χ1n) is 5.96. The highest BCUT2D eigenvalue weighted by Crippen LogP contribution is 2.32. The van der Waals surface area contributed by atoms with Crippen LogP contribution in [0.3, 0.4) is 0 Å². The molecule has 0 aliphatic heterocycles. The lowest BCUT2D eigenvalue weighted by molar-refractivity contribution is 0.523. The second-order valence-electron chi connectivity index (χ2n) is 4.71. The molecular weight excluding hydrogens is 347 g/mol. The van der Waals surface area contributed by atoms with Gasteiger partial charge in [-0.05, 0) is 23.8 Å². The minimum atomic E-state index is -0.280. The van der Waals surface area contributed by atoms with Crippen molar-refractivity contribution < 1.29 is 0 Å². The van der Waals surface area contributed by atoms with Crippen molar-refractivity contribution in [3.8, 4) is 0 Å². The third kappa shape index (κ3) is 3.33. The van der Waals surface area contributed by atoms with E-state index in [1.54, 1.807) is 4.68 Å². The van der Waals surface area contributed by atoms with Crippen LogP contribution in [0.5, 0.6) is 0 Å². The van der Waals surface area contributed by atoms with Gasteiger partial charge < -0.3 is 0 Å². The van der Waals surface area contributed by atoms with Gasteiger partial charge in [0, 0.05) is 41.3 Å². The van der Waals surface area contributed by atoms with E-state index in [0.717, 1.165) is 22.2 Å². The fraction of sp³-hybridized carbons (Fsp3) is 0.357. The summed E-state index contributed by atoms with van der Waals surface area (Å²) in [6.45, 7) is 0. The van der Waals surface area contributed by atoms with E-state index in [2.05, 4.69) is 33.2 Å². The molecular formula is C14H15BrCl2N2. The molecule has 0 aliphatic carbocycles. The Morgan fingerprint density at radius 3 is 2.26 bits per heavy atom. The summed E-state index contributed by atoms with van der Waals surface area (Å²) in [5.41, 5.74) is 1.87. The molecule has 0 spiro atoms. The maximum absolute atomic E-state index is 6.22. The summed E-state index contributed by atoms with van der Waals surface area (Å²) in [6, 6.07) is 10.2. The average Bonchev–Trinajstić information content (AvgIpc) is 2.82. The molecule has 1 aromatic carbocycles. The fourth-order valence-electron chi connectivity index (χ4n) is 2.09. The molecule has 2 aromatic rings. The smallest absolute Gasteiger partial charge is 0.0634 e. The molecule has 0 amide bonds. The zero-order valence-corrected chi connectivity index (χ0v) is 13.7. The van der Waals surface area contributed by atoms with Gasteiger partial charge in [-0.25, -0.2) is 0 Å². The molecule has 1 heterocycles. The van der Waals surface area contributed by atoms with Crippen LogP contribution in [0.2, 0.25) is 0 Å². The quantitative estimate of drug-likeness (QED) is 0.732. The third-order valence-corrected chi connectivity index (χ3v) is 4.81. The van der Waals surface area contributed by atoms with Crippen molar-refractivity contribution in [1.82, 2.24) is 9.78 Å². The van der Waals surface area contributed by atoms with Crippen molar-refractivity contribution in [3.05, 3.63) is 52.3 Å². The van der Waals surface area contributed by atoms with Gasteiger partial charge in [0.1, 0.15) is 0 Å². The van der Waals surface area contributed by atoms with E-state index in [1.807, 2.05) is 31.4 Å². The molecule has 1 aromatic heterocycles. The summed E-state index contributed by atoms with van der Waals surface area (Å²) >= 11 is 15.9. The molecule has 102 valence electrons. The lowest BCUT2D eigenvalue weighted by atomic mass is 9.80. The van der Waals surface area contributed by atoms with E-state index >= 15 is 0 Å². The molecule has 0 N–H and O–H groups in total. The minimum Gasteiger partial charge on any atom is -0.276 e. The maximum atomic E-state index is 6.22. The SMILES string of the molecule is Cn1ccc(CC(CCl)(CCl)c2ccc(Br)cc2)n1. The average molecular weight is 362 g/mol. The van der Waals surface area contributed by atoms with Crippen LogP contribution < -0.4 is 0 Å². The summed E-state index contributed by atoms with van der Waals surface area (Å²) in [5, 5.41) is 4.42. The predicted octanol–water partition coefficient (Wildman–Crippen LogP) is 4.14. The van der Waals surface area contributed by atoms with Crippen molar-refractivity contribution in [1.29, 1.82) is 0 Å². The molecule has 0 saturated heterocycles. The molecule has 0 saturated carbocycles. The van der Waals surface area contributed by atoms with E-state index in [1.165, 1.54) is 0 Å². The Labute approximate surface area is 131 Å². The van der Waals surface area contributed by atoms with Crippen LogP contribution in [-0.4, -0.2) is 21.5 Å². The molecule has 0 unspecified atom stereocenters. The van der Waals surface area contributed by atoms with Crippen LogP contribution >= 0.6 is 39.1 Å². The molecule has 5 heteroatoms. The Morgan fingerprint density at radius 2 is 1.79 bits per heavy atom. The maximum Gasteiger partial charge on any atom is 0.0634 e. The van der Waals surface area contributed by atoms with Gasteiger partial charge in [0.15, 0.2) is 0 Å². The van der Waals surface area contributed by atoms with Crippen LogP contribution in [0.4, 0.5) is 0 Å². The first kappa shape index (κ1) is 14.9. The normalized spacial score (nSPS) is 11.8. The summed E-state index contributed by atoms with van der Waals surface area (Å²) in [7, 11) is 1.91. The molecule has 0 radical (unpaired) electrons. The van der Waals surface area contributed by atoms with Gasteiger partial charge in [-0.1, -0.05) is 28.1 Å². The molecule has 0 aliphatic rings. The number of nitrogens with zero attached hydrogens (tertiary/aromatic N) is 2. The van der Waals surface area contributed by atoms with Crippen molar-refractivity contribution in [3.63, 3.8) is 0 Å². The summed E-state index contributed by atoms with van der Waals surface area (Å²) in [4.78, 5) is 0. The lowest BCUT2D eigenvalue weighted by Gasteiger charge is -2.29. The Morgan fingerprint density at radius 1 is 1.16 bits per heavy atom.